The van der Waals surface area contributed by atoms with Crippen LogP contribution in [-0.2, 0) is 6.42 Å². The average Bonchev–Trinajstić information content (AvgIpc) is 2.76. The molecule has 0 bridgehead atoms. The van der Waals surface area contributed by atoms with Gasteiger partial charge in [0, 0.05) is 4.88 Å². The molecule has 3 nitrogen and oxygen atoms in total. The fourth-order valence-electron chi connectivity index (χ4n) is 1.02. The summed E-state index contributed by atoms with van der Waals surface area (Å²) >= 11 is 1.65. The lowest BCUT2D eigenvalue weighted by molar-refractivity contribution is 0.111. The van der Waals surface area contributed by atoms with E-state index in [1.807, 2.05) is 17.5 Å². The van der Waals surface area contributed by atoms with Crippen LogP contribution >= 0.6 is 11.3 Å². The molecule has 0 unspecified atom stereocenters. The summed E-state index contributed by atoms with van der Waals surface area (Å²) in [6, 6.07) is 3.99. The Hall–Kier alpha value is -1.42. The van der Waals surface area contributed by atoms with E-state index in [1.165, 1.54) is 11.1 Å². The Kier molecular flexibility index (Phi) is 2.23. The molecule has 0 aliphatic heterocycles. The molecule has 4 heteroatoms. The van der Waals surface area contributed by atoms with Crippen molar-refractivity contribution in [3.05, 3.63) is 40.2 Å². The third-order valence-corrected chi connectivity index (χ3v) is 2.47. The van der Waals surface area contributed by atoms with Crippen LogP contribution in [0.1, 0.15) is 21.3 Å². The van der Waals surface area contributed by atoms with Crippen LogP contribution in [0, 0.1) is 0 Å². The molecule has 0 saturated heterocycles. The molecular weight excluding hydrogens is 186 g/mol. The molecule has 0 aliphatic carbocycles. The van der Waals surface area contributed by atoms with Crippen molar-refractivity contribution < 1.29 is 9.21 Å². The Morgan fingerprint density at radius 1 is 1.62 bits per heavy atom. The van der Waals surface area contributed by atoms with E-state index < -0.39 is 0 Å². The molecule has 0 atom stereocenters. The molecular formula is C9H7NO2S. The van der Waals surface area contributed by atoms with Crippen LogP contribution in [0.25, 0.3) is 0 Å². The number of rotatable bonds is 3. The van der Waals surface area contributed by atoms with Crippen LogP contribution in [0.4, 0.5) is 0 Å². The second-order valence-electron chi connectivity index (χ2n) is 2.54. The van der Waals surface area contributed by atoms with Crippen LogP contribution in [0.5, 0.6) is 0 Å². The van der Waals surface area contributed by atoms with Crippen LogP contribution in [0.3, 0.4) is 0 Å². The zero-order valence-electron chi connectivity index (χ0n) is 6.77. The molecule has 0 spiro atoms. The highest BCUT2D eigenvalue weighted by atomic mass is 32.1. The quantitative estimate of drug-likeness (QED) is 0.701. The first-order valence-corrected chi connectivity index (χ1v) is 4.68. The van der Waals surface area contributed by atoms with Gasteiger partial charge in [0.15, 0.2) is 12.2 Å². The van der Waals surface area contributed by atoms with Crippen LogP contribution in [-0.4, -0.2) is 11.3 Å². The minimum atomic E-state index is 0.353. The lowest BCUT2D eigenvalue weighted by Gasteiger charge is -1.88. The van der Waals surface area contributed by atoms with Gasteiger partial charge < -0.3 is 4.42 Å². The summed E-state index contributed by atoms with van der Waals surface area (Å²) in [4.78, 5) is 15.5. The molecule has 13 heavy (non-hydrogen) atoms. The summed E-state index contributed by atoms with van der Waals surface area (Å²) in [6.07, 6.45) is 2.71. The molecule has 0 aromatic carbocycles. The summed E-state index contributed by atoms with van der Waals surface area (Å²) in [5.74, 6) is 0.588. The highest BCUT2D eigenvalue weighted by Gasteiger charge is 2.04. The molecule has 0 radical (unpaired) electrons. The fraction of sp³-hybridized carbons (Fsp3) is 0.111. The normalized spacial score (nSPS) is 10.2. The lowest BCUT2D eigenvalue weighted by atomic mass is 10.3. The van der Waals surface area contributed by atoms with E-state index in [4.69, 9.17) is 4.42 Å². The van der Waals surface area contributed by atoms with Gasteiger partial charge in [0.25, 0.3) is 0 Å². The smallest absolute Gasteiger partial charge is 0.199 e. The number of oxazole rings is 1. The first-order chi connectivity index (χ1) is 6.38. The third kappa shape index (κ3) is 1.84. The maximum absolute atomic E-state index is 10.3. The van der Waals surface area contributed by atoms with Crippen LogP contribution in [0.15, 0.2) is 28.2 Å². The van der Waals surface area contributed by atoms with Crippen molar-refractivity contribution in [1.82, 2.24) is 4.98 Å². The predicted octanol–water partition coefficient (Wildman–Crippen LogP) is 2.14. The summed E-state index contributed by atoms with van der Waals surface area (Å²) in [5.41, 5.74) is 0.353. The fourth-order valence-corrected chi connectivity index (χ4v) is 1.72. The first kappa shape index (κ1) is 8.19. The van der Waals surface area contributed by atoms with Crippen molar-refractivity contribution in [3.8, 4) is 0 Å². The number of aromatic nitrogens is 1. The van der Waals surface area contributed by atoms with Gasteiger partial charge in [-0.1, -0.05) is 6.07 Å². The molecule has 0 saturated carbocycles. The Balaban J connectivity index is 2.14. The van der Waals surface area contributed by atoms with E-state index in [2.05, 4.69) is 4.98 Å². The van der Waals surface area contributed by atoms with Gasteiger partial charge in [0.2, 0.25) is 0 Å². The Bertz CT molecular complexity index is 391. The van der Waals surface area contributed by atoms with E-state index in [-0.39, 0.29) is 0 Å². The third-order valence-electron chi connectivity index (χ3n) is 1.60. The standard InChI is InChI=1S/C9H7NO2S/c11-5-7-6-12-9(10-7)4-8-2-1-3-13-8/h1-3,5-6H,4H2. The topological polar surface area (TPSA) is 43.1 Å². The van der Waals surface area contributed by atoms with Gasteiger partial charge in [0.1, 0.15) is 12.0 Å². The summed E-state index contributed by atoms with van der Waals surface area (Å²) in [5, 5.41) is 2.00. The van der Waals surface area contributed by atoms with Crippen LogP contribution in [0.2, 0.25) is 0 Å². The highest BCUT2D eigenvalue weighted by molar-refractivity contribution is 7.09. The number of hydrogen-bond donors (Lipinski definition) is 0. The average molecular weight is 193 g/mol. The number of aldehydes is 1. The number of carbonyl (C=O) groups is 1. The van der Waals surface area contributed by atoms with E-state index >= 15 is 0 Å². The number of thiophene rings is 1. The second kappa shape index (κ2) is 3.53. The van der Waals surface area contributed by atoms with E-state index in [0.717, 1.165) is 0 Å². The molecule has 2 heterocycles. The maximum Gasteiger partial charge on any atom is 0.199 e. The van der Waals surface area contributed by atoms with E-state index in [0.29, 0.717) is 24.3 Å². The Labute approximate surface area is 79.0 Å². The summed E-state index contributed by atoms with van der Waals surface area (Å²) in [6.45, 7) is 0. The predicted molar refractivity (Wildman–Crippen MR) is 49.0 cm³/mol. The van der Waals surface area contributed by atoms with Gasteiger partial charge in [0.05, 0.1) is 6.42 Å². The minimum absolute atomic E-state index is 0.353. The first-order valence-electron chi connectivity index (χ1n) is 3.80. The van der Waals surface area contributed by atoms with Gasteiger partial charge in [-0.05, 0) is 11.4 Å². The molecule has 2 rings (SSSR count). The van der Waals surface area contributed by atoms with Crippen molar-refractivity contribution >= 4 is 17.6 Å². The van der Waals surface area contributed by atoms with Gasteiger partial charge in [-0.2, -0.15) is 0 Å². The molecule has 2 aromatic rings. The largest absolute Gasteiger partial charge is 0.448 e. The lowest BCUT2D eigenvalue weighted by Crippen LogP contribution is -1.85. The van der Waals surface area contributed by atoms with E-state index in [9.17, 15) is 4.79 Å². The summed E-state index contributed by atoms with van der Waals surface area (Å²) < 4.78 is 5.09. The number of carbonyl (C=O) groups excluding carboxylic acids is 1. The van der Waals surface area contributed by atoms with Crippen molar-refractivity contribution in [1.29, 1.82) is 0 Å². The van der Waals surface area contributed by atoms with Crippen molar-refractivity contribution in [2.24, 2.45) is 0 Å². The van der Waals surface area contributed by atoms with Crippen molar-refractivity contribution in [2.75, 3.05) is 0 Å². The van der Waals surface area contributed by atoms with Gasteiger partial charge in [-0.15, -0.1) is 11.3 Å². The molecule has 2 aromatic heterocycles. The zero-order valence-corrected chi connectivity index (χ0v) is 7.58. The minimum Gasteiger partial charge on any atom is -0.448 e. The molecule has 0 fully saturated rings. The maximum atomic E-state index is 10.3. The Morgan fingerprint density at radius 3 is 3.15 bits per heavy atom. The van der Waals surface area contributed by atoms with Crippen molar-refractivity contribution in [3.63, 3.8) is 0 Å². The van der Waals surface area contributed by atoms with Gasteiger partial charge >= 0.3 is 0 Å². The summed E-state index contributed by atoms with van der Waals surface area (Å²) in [7, 11) is 0. The van der Waals surface area contributed by atoms with Gasteiger partial charge in [-0.25, -0.2) is 4.98 Å². The van der Waals surface area contributed by atoms with Crippen LogP contribution < -0.4 is 0 Å². The van der Waals surface area contributed by atoms with E-state index in [1.54, 1.807) is 11.3 Å². The van der Waals surface area contributed by atoms with Gasteiger partial charge in [-0.3, -0.25) is 4.79 Å². The Morgan fingerprint density at radius 2 is 2.54 bits per heavy atom. The number of nitrogens with zero attached hydrogens (tertiary/aromatic N) is 1. The highest BCUT2D eigenvalue weighted by Crippen LogP contribution is 2.13. The monoisotopic (exact) mass is 193 g/mol. The SMILES string of the molecule is O=Cc1coc(Cc2cccs2)n1. The van der Waals surface area contributed by atoms with Crippen molar-refractivity contribution in [2.45, 2.75) is 6.42 Å². The zero-order chi connectivity index (χ0) is 9.10. The molecule has 66 valence electrons. The molecule has 0 aliphatic rings. The molecule has 0 N–H and O–H groups in total. The second-order valence-corrected chi connectivity index (χ2v) is 3.57. The molecule has 0 amide bonds. The number of hydrogen-bond acceptors (Lipinski definition) is 4.